The zero-order valence-electron chi connectivity index (χ0n) is 16.9. The van der Waals surface area contributed by atoms with E-state index in [9.17, 15) is 9.18 Å². The summed E-state index contributed by atoms with van der Waals surface area (Å²) < 4.78 is 15.5. The van der Waals surface area contributed by atoms with Gasteiger partial charge in [-0.2, -0.15) is 0 Å². The third kappa shape index (κ3) is 3.68. The number of nitrogens with zero attached hydrogens (tertiary/aromatic N) is 2. The number of aryl methyl sites for hydroxylation is 1. The van der Waals surface area contributed by atoms with E-state index in [0.29, 0.717) is 21.6 Å². The van der Waals surface area contributed by atoms with E-state index in [-0.39, 0.29) is 17.9 Å². The monoisotopic (exact) mass is 426 g/mol. The molecular formula is C26H19FN2OS. The Labute approximate surface area is 183 Å². The van der Waals surface area contributed by atoms with Gasteiger partial charge in [-0.3, -0.25) is 9.36 Å². The minimum Gasteiger partial charge on any atom is -0.288 e. The van der Waals surface area contributed by atoms with Crippen LogP contribution in [0.15, 0.2) is 89.0 Å². The van der Waals surface area contributed by atoms with Crippen LogP contribution in [0.25, 0.3) is 32.7 Å². The lowest BCUT2D eigenvalue weighted by atomic mass is 10.1. The van der Waals surface area contributed by atoms with Crippen molar-refractivity contribution in [3.8, 4) is 22.5 Å². The van der Waals surface area contributed by atoms with Crippen molar-refractivity contribution in [2.45, 2.75) is 13.5 Å². The van der Waals surface area contributed by atoms with E-state index >= 15 is 0 Å². The normalized spacial score (nSPS) is 11.2. The molecule has 0 aliphatic heterocycles. The van der Waals surface area contributed by atoms with Crippen molar-refractivity contribution in [1.82, 2.24) is 9.55 Å². The lowest BCUT2D eigenvalue weighted by molar-refractivity contribution is 0.623. The van der Waals surface area contributed by atoms with Crippen LogP contribution in [-0.4, -0.2) is 9.55 Å². The fourth-order valence-electron chi connectivity index (χ4n) is 3.74. The Hall–Kier alpha value is -3.57. The van der Waals surface area contributed by atoms with Crippen LogP contribution in [0.4, 0.5) is 4.39 Å². The first-order chi connectivity index (χ1) is 15.1. The number of thiophene rings is 1. The van der Waals surface area contributed by atoms with Crippen LogP contribution in [0, 0.1) is 12.7 Å². The Morgan fingerprint density at radius 3 is 2.45 bits per heavy atom. The lowest BCUT2D eigenvalue weighted by Gasteiger charge is -2.14. The number of hydrogen-bond donors (Lipinski definition) is 0. The summed E-state index contributed by atoms with van der Waals surface area (Å²) >= 11 is 1.47. The average Bonchev–Trinajstić information content (AvgIpc) is 3.21. The van der Waals surface area contributed by atoms with Crippen molar-refractivity contribution >= 4 is 21.6 Å². The molecule has 152 valence electrons. The molecule has 0 atom stereocenters. The predicted molar refractivity (Wildman–Crippen MR) is 125 cm³/mol. The van der Waals surface area contributed by atoms with E-state index in [1.54, 1.807) is 10.6 Å². The Morgan fingerprint density at radius 2 is 1.71 bits per heavy atom. The highest BCUT2D eigenvalue weighted by Crippen LogP contribution is 2.32. The van der Waals surface area contributed by atoms with E-state index in [1.807, 2.05) is 73.0 Å². The Morgan fingerprint density at radius 1 is 0.935 bits per heavy atom. The van der Waals surface area contributed by atoms with Gasteiger partial charge in [-0.15, -0.1) is 11.3 Å². The van der Waals surface area contributed by atoms with Gasteiger partial charge in [0.05, 0.1) is 11.9 Å². The minimum atomic E-state index is -0.322. The van der Waals surface area contributed by atoms with Crippen LogP contribution in [0.2, 0.25) is 0 Å². The van der Waals surface area contributed by atoms with Gasteiger partial charge in [-0.05, 0) is 30.2 Å². The quantitative estimate of drug-likeness (QED) is 0.339. The maximum atomic E-state index is 13.8. The molecule has 0 saturated carbocycles. The molecule has 0 aliphatic rings. The summed E-state index contributed by atoms with van der Waals surface area (Å²) in [6.45, 7) is 2.26. The Bertz CT molecular complexity index is 1440. The summed E-state index contributed by atoms with van der Waals surface area (Å²) in [4.78, 5) is 19.4. The van der Waals surface area contributed by atoms with Crippen LogP contribution >= 0.6 is 11.3 Å². The van der Waals surface area contributed by atoms with E-state index in [4.69, 9.17) is 4.98 Å². The van der Waals surface area contributed by atoms with Crippen molar-refractivity contribution < 1.29 is 4.39 Å². The van der Waals surface area contributed by atoms with Crippen LogP contribution in [0.1, 0.15) is 11.1 Å². The molecule has 3 nitrogen and oxygen atoms in total. The first kappa shape index (κ1) is 19.4. The molecule has 0 aliphatic carbocycles. The number of hydrogen-bond acceptors (Lipinski definition) is 3. The number of fused-ring (bicyclic) bond motifs is 1. The van der Waals surface area contributed by atoms with Gasteiger partial charge in [-0.1, -0.05) is 72.3 Å². The molecule has 0 saturated heterocycles. The molecule has 5 rings (SSSR count). The summed E-state index contributed by atoms with van der Waals surface area (Å²) in [6.07, 6.45) is 0. The third-order valence-electron chi connectivity index (χ3n) is 5.32. The lowest BCUT2D eigenvalue weighted by Crippen LogP contribution is -2.24. The fourth-order valence-corrected chi connectivity index (χ4v) is 4.68. The molecule has 5 heteroatoms. The fraction of sp³-hybridized carbons (Fsp3) is 0.0769. The molecule has 2 aromatic heterocycles. The van der Waals surface area contributed by atoms with Gasteiger partial charge in [0.2, 0.25) is 0 Å². The molecule has 0 spiro atoms. The topological polar surface area (TPSA) is 34.9 Å². The predicted octanol–water partition coefficient (Wildman–Crippen LogP) is 6.29. The maximum Gasteiger partial charge on any atom is 0.263 e. The molecule has 3 aromatic carbocycles. The number of halogens is 1. The van der Waals surface area contributed by atoms with Crippen LogP contribution in [0.3, 0.4) is 0 Å². The first-order valence-electron chi connectivity index (χ1n) is 9.99. The molecule has 0 fully saturated rings. The van der Waals surface area contributed by atoms with Gasteiger partial charge in [0.25, 0.3) is 5.56 Å². The van der Waals surface area contributed by atoms with Crippen molar-refractivity contribution in [3.05, 3.63) is 112 Å². The highest BCUT2D eigenvalue weighted by Gasteiger charge is 2.18. The van der Waals surface area contributed by atoms with E-state index in [0.717, 1.165) is 22.3 Å². The van der Waals surface area contributed by atoms with E-state index in [2.05, 4.69) is 0 Å². The largest absolute Gasteiger partial charge is 0.288 e. The molecule has 0 unspecified atom stereocenters. The maximum absolute atomic E-state index is 13.8. The molecule has 5 aromatic rings. The summed E-state index contributed by atoms with van der Waals surface area (Å²) in [6, 6.07) is 24.1. The molecular weight excluding hydrogens is 407 g/mol. The van der Waals surface area contributed by atoms with E-state index in [1.165, 1.54) is 23.5 Å². The number of rotatable bonds is 4. The minimum absolute atomic E-state index is 0.120. The molecule has 0 N–H and O–H groups in total. The zero-order chi connectivity index (χ0) is 21.4. The SMILES string of the molecule is Cc1ccc(-c2nc3scc(-c4ccccc4)c3c(=O)n2Cc2cccc(F)c2)cc1. The van der Waals surface area contributed by atoms with Gasteiger partial charge in [0, 0.05) is 16.5 Å². The highest BCUT2D eigenvalue weighted by molar-refractivity contribution is 7.17. The summed E-state index contributed by atoms with van der Waals surface area (Å²) in [7, 11) is 0. The number of aromatic nitrogens is 2. The smallest absolute Gasteiger partial charge is 0.263 e. The average molecular weight is 427 g/mol. The van der Waals surface area contributed by atoms with Crippen molar-refractivity contribution in [2.75, 3.05) is 0 Å². The van der Waals surface area contributed by atoms with E-state index < -0.39 is 0 Å². The Balaban J connectivity index is 1.77. The van der Waals surface area contributed by atoms with Crippen LogP contribution < -0.4 is 5.56 Å². The first-order valence-corrected chi connectivity index (χ1v) is 10.9. The molecule has 0 amide bonds. The molecule has 2 heterocycles. The second-order valence-corrected chi connectivity index (χ2v) is 8.38. The second-order valence-electron chi connectivity index (χ2n) is 7.52. The Kier molecular flexibility index (Phi) is 4.96. The van der Waals surface area contributed by atoms with Crippen LogP contribution in [-0.2, 0) is 6.54 Å². The van der Waals surface area contributed by atoms with Gasteiger partial charge in [-0.25, -0.2) is 9.37 Å². The summed E-state index contributed by atoms with van der Waals surface area (Å²) in [5, 5.41) is 2.59. The van der Waals surface area contributed by atoms with Gasteiger partial charge >= 0.3 is 0 Å². The third-order valence-corrected chi connectivity index (χ3v) is 6.19. The summed E-state index contributed by atoms with van der Waals surface area (Å²) in [5.74, 6) is 0.264. The van der Waals surface area contributed by atoms with Crippen molar-refractivity contribution in [3.63, 3.8) is 0 Å². The number of benzene rings is 3. The highest BCUT2D eigenvalue weighted by atomic mass is 32.1. The molecule has 31 heavy (non-hydrogen) atoms. The standard InChI is InChI=1S/C26H19FN2OS/c1-17-10-12-20(13-11-17)24-28-25-23(22(16-31-25)19-7-3-2-4-8-19)26(30)29(24)15-18-6-5-9-21(27)14-18/h2-14,16H,15H2,1H3. The molecule has 0 radical (unpaired) electrons. The van der Waals surface area contributed by atoms with Gasteiger partial charge in [0.1, 0.15) is 16.5 Å². The van der Waals surface area contributed by atoms with Crippen molar-refractivity contribution in [1.29, 1.82) is 0 Å². The summed E-state index contributed by atoms with van der Waals surface area (Å²) in [5.41, 5.74) is 4.44. The molecule has 0 bridgehead atoms. The van der Waals surface area contributed by atoms with Gasteiger partial charge < -0.3 is 0 Å². The van der Waals surface area contributed by atoms with Crippen molar-refractivity contribution in [2.24, 2.45) is 0 Å². The van der Waals surface area contributed by atoms with Gasteiger partial charge in [0.15, 0.2) is 0 Å². The zero-order valence-corrected chi connectivity index (χ0v) is 17.7. The second kappa shape index (κ2) is 7.93. The van der Waals surface area contributed by atoms with Crippen LogP contribution in [0.5, 0.6) is 0 Å².